The van der Waals surface area contributed by atoms with Crippen LogP contribution in [0, 0.1) is 0 Å². The number of hydrogen-bond donors (Lipinski definition) is 1. The van der Waals surface area contributed by atoms with Crippen molar-refractivity contribution < 1.29 is 8.42 Å². The molecule has 0 spiro atoms. The highest BCUT2D eigenvalue weighted by molar-refractivity contribution is 7.90. The zero-order chi connectivity index (χ0) is 14.9. The first-order chi connectivity index (χ1) is 10.0. The van der Waals surface area contributed by atoms with E-state index in [0.717, 1.165) is 12.8 Å². The number of sulfone groups is 1. The molecule has 1 aromatic heterocycles. The summed E-state index contributed by atoms with van der Waals surface area (Å²) in [6.45, 7) is 0. The molecule has 0 radical (unpaired) electrons. The van der Waals surface area contributed by atoms with Crippen LogP contribution in [0.25, 0.3) is 0 Å². The van der Waals surface area contributed by atoms with Crippen molar-refractivity contribution in [3.05, 3.63) is 42.2 Å². The Kier molecular flexibility index (Phi) is 3.71. The van der Waals surface area contributed by atoms with E-state index in [4.69, 9.17) is 5.73 Å². The molecule has 21 heavy (non-hydrogen) atoms. The number of aromatic nitrogens is 2. The molecule has 0 bridgehead atoms. The Balaban J connectivity index is 1.79. The molecule has 1 heterocycles. The Morgan fingerprint density at radius 3 is 2.71 bits per heavy atom. The van der Waals surface area contributed by atoms with E-state index in [2.05, 4.69) is 5.10 Å². The van der Waals surface area contributed by atoms with Crippen LogP contribution in [0.15, 0.2) is 41.4 Å². The molecule has 1 aliphatic rings. The molecule has 2 aromatic rings. The summed E-state index contributed by atoms with van der Waals surface area (Å²) in [4.78, 5) is 0.248. The highest BCUT2D eigenvalue weighted by Crippen LogP contribution is 2.29. The number of nitrogens with two attached hydrogens (primary N) is 1. The van der Waals surface area contributed by atoms with Gasteiger partial charge in [-0.1, -0.05) is 18.9 Å². The fraction of sp³-hybridized carbons (Fsp3) is 0.400. The van der Waals surface area contributed by atoms with Gasteiger partial charge in [-0.2, -0.15) is 5.10 Å². The van der Waals surface area contributed by atoms with Crippen LogP contribution in [0.5, 0.6) is 0 Å². The molecule has 3 rings (SSSR count). The maximum Gasteiger partial charge on any atom is 0.184 e. The highest BCUT2D eigenvalue weighted by atomic mass is 32.2. The Morgan fingerprint density at radius 1 is 1.24 bits per heavy atom. The molecule has 1 fully saturated rings. The molecular formula is C15H19N3O2S. The summed E-state index contributed by atoms with van der Waals surface area (Å²) < 4.78 is 26.7. The number of anilines is 1. The van der Waals surface area contributed by atoms with Crippen molar-refractivity contribution in [3.63, 3.8) is 0 Å². The van der Waals surface area contributed by atoms with E-state index in [1.165, 1.54) is 18.9 Å². The average molecular weight is 305 g/mol. The van der Waals surface area contributed by atoms with Gasteiger partial charge < -0.3 is 5.73 Å². The van der Waals surface area contributed by atoms with Gasteiger partial charge in [0.2, 0.25) is 0 Å². The van der Waals surface area contributed by atoms with E-state index in [9.17, 15) is 8.42 Å². The number of hydrogen-bond acceptors (Lipinski definition) is 4. The summed E-state index contributed by atoms with van der Waals surface area (Å²) >= 11 is 0. The third kappa shape index (κ3) is 3.10. The van der Waals surface area contributed by atoms with Crippen LogP contribution in [0.4, 0.5) is 5.69 Å². The van der Waals surface area contributed by atoms with Crippen molar-refractivity contribution in [2.45, 2.75) is 42.4 Å². The van der Waals surface area contributed by atoms with Gasteiger partial charge in [0.1, 0.15) is 0 Å². The molecule has 0 unspecified atom stereocenters. The average Bonchev–Trinajstić information content (AvgIpc) is 3.08. The second-order valence-corrected chi connectivity index (χ2v) is 7.55. The maximum absolute atomic E-state index is 12.4. The normalized spacial score (nSPS) is 16.4. The monoisotopic (exact) mass is 305 g/mol. The summed E-state index contributed by atoms with van der Waals surface area (Å²) in [7, 11) is -3.40. The van der Waals surface area contributed by atoms with Crippen molar-refractivity contribution in [3.8, 4) is 0 Å². The number of rotatable bonds is 4. The fourth-order valence-corrected chi connectivity index (χ4v) is 4.12. The lowest BCUT2D eigenvalue weighted by Gasteiger charge is -2.09. The minimum Gasteiger partial charge on any atom is -0.399 e. The highest BCUT2D eigenvalue weighted by Gasteiger charge is 2.20. The van der Waals surface area contributed by atoms with E-state index >= 15 is 0 Å². The first-order valence-corrected chi connectivity index (χ1v) is 8.82. The van der Waals surface area contributed by atoms with Gasteiger partial charge in [-0.25, -0.2) is 8.42 Å². The van der Waals surface area contributed by atoms with Gasteiger partial charge >= 0.3 is 0 Å². The Bertz CT molecular complexity index is 731. The zero-order valence-electron chi connectivity index (χ0n) is 11.8. The summed E-state index contributed by atoms with van der Waals surface area (Å²) in [5.41, 5.74) is 6.69. The second kappa shape index (κ2) is 5.52. The van der Waals surface area contributed by atoms with Crippen molar-refractivity contribution in [1.29, 1.82) is 0 Å². The third-order valence-corrected chi connectivity index (χ3v) is 5.57. The predicted molar refractivity (Wildman–Crippen MR) is 81.5 cm³/mol. The maximum atomic E-state index is 12.4. The molecule has 0 aliphatic heterocycles. The van der Waals surface area contributed by atoms with Crippen molar-refractivity contribution in [2.75, 3.05) is 5.73 Å². The lowest BCUT2D eigenvalue weighted by molar-refractivity contribution is 0.464. The SMILES string of the molecule is Nc1cccc(S(=O)(=O)Cc2ccn(C3CCCC3)n2)c1. The molecule has 5 nitrogen and oxygen atoms in total. The van der Waals surface area contributed by atoms with Crippen molar-refractivity contribution in [2.24, 2.45) is 0 Å². The summed E-state index contributed by atoms with van der Waals surface area (Å²) in [5, 5.41) is 4.43. The summed E-state index contributed by atoms with van der Waals surface area (Å²) in [5.74, 6) is -0.0871. The molecule has 2 N–H and O–H groups in total. The fourth-order valence-electron chi connectivity index (χ4n) is 2.81. The lowest BCUT2D eigenvalue weighted by Crippen LogP contribution is -2.09. The summed E-state index contributed by atoms with van der Waals surface area (Å²) in [6.07, 6.45) is 6.59. The van der Waals surface area contributed by atoms with Crippen molar-refractivity contribution in [1.82, 2.24) is 9.78 Å². The first kappa shape index (κ1) is 14.1. The van der Waals surface area contributed by atoms with Crippen LogP contribution < -0.4 is 5.73 Å². The van der Waals surface area contributed by atoms with Crippen LogP contribution in [0.1, 0.15) is 37.4 Å². The van der Waals surface area contributed by atoms with Gasteiger partial charge in [0, 0.05) is 11.9 Å². The molecule has 0 saturated heterocycles. The van der Waals surface area contributed by atoms with Gasteiger partial charge in [-0.15, -0.1) is 0 Å². The van der Waals surface area contributed by atoms with Gasteiger partial charge in [0.05, 0.1) is 22.4 Å². The molecule has 1 aromatic carbocycles. The Labute approximate surface area is 124 Å². The Morgan fingerprint density at radius 2 is 2.00 bits per heavy atom. The second-order valence-electron chi connectivity index (χ2n) is 5.56. The van der Waals surface area contributed by atoms with Crippen LogP contribution in [0.2, 0.25) is 0 Å². The van der Waals surface area contributed by atoms with E-state index in [-0.39, 0.29) is 10.6 Å². The molecule has 6 heteroatoms. The van der Waals surface area contributed by atoms with E-state index < -0.39 is 9.84 Å². The lowest BCUT2D eigenvalue weighted by atomic mass is 10.3. The molecule has 0 amide bonds. The van der Waals surface area contributed by atoms with Crippen LogP contribution in [0.3, 0.4) is 0 Å². The minimum atomic E-state index is -3.40. The van der Waals surface area contributed by atoms with Gasteiger partial charge in [0.15, 0.2) is 9.84 Å². The summed E-state index contributed by atoms with van der Waals surface area (Å²) in [6, 6.07) is 8.60. The number of benzene rings is 1. The topological polar surface area (TPSA) is 78.0 Å². The third-order valence-electron chi connectivity index (χ3n) is 3.92. The molecule has 0 atom stereocenters. The van der Waals surface area contributed by atoms with Crippen LogP contribution >= 0.6 is 0 Å². The predicted octanol–water partition coefficient (Wildman–Crippen LogP) is 2.55. The van der Waals surface area contributed by atoms with Gasteiger partial charge in [-0.3, -0.25) is 4.68 Å². The molecular weight excluding hydrogens is 286 g/mol. The molecule has 112 valence electrons. The van der Waals surface area contributed by atoms with E-state index in [1.807, 2.05) is 10.9 Å². The zero-order valence-corrected chi connectivity index (χ0v) is 12.6. The molecule has 1 saturated carbocycles. The minimum absolute atomic E-state index is 0.0871. The van der Waals surface area contributed by atoms with Gasteiger partial charge in [0.25, 0.3) is 0 Å². The quantitative estimate of drug-likeness (QED) is 0.881. The van der Waals surface area contributed by atoms with Crippen LogP contribution in [-0.4, -0.2) is 18.2 Å². The van der Waals surface area contributed by atoms with E-state index in [1.54, 1.807) is 24.3 Å². The van der Waals surface area contributed by atoms with Crippen molar-refractivity contribution >= 4 is 15.5 Å². The van der Waals surface area contributed by atoms with E-state index in [0.29, 0.717) is 17.4 Å². The Hall–Kier alpha value is -1.82. The number of nitrogen functional groups attached to an aromatic ring is 1. The number of nitrogens with zero attached hydrogens (tertiary/aromatic N) is 2. The first-order valence-electron chi connectivity index (χ1n) is 7.17. The smallest absolute Gasteiger partial charge is 0.184 e. The van der Waals surface area contributed by atoms with Gasteiger partial charge in [-0.05, 0) is 37.1 Å². The van der Waals surface area contributed by atoms with Crippen LogP contribution in [-0.2, 0) is 15.6 Å². The largest absolute Gasteiger partial charge is 0.399 e. The standard InChI is InChI=1S/C15H19N3O2S/c16-12-4-3-7-15(10-12)21(19,20)11-13-8-9-18(17-13)14-5-1-2-6-14/h3-4,7-10,14H,1-2,5-6,11,16H2. The molecule has 1 aliphatic carbocycles.